The summed E-state index contributed by atoms with van der Waals surface area (Å²) >= 11 is 6.34. The second kappa shape index (κ2) is 16.0. The lowest BCUT2D eigenvalue weighted by Crippen LogP contribution is -2.55. The molecule has 0 radical (unpaired) electrons. The number of hydrogen-bond donors (Lipinski definition) is 1. The van der Waals surface area contributed by atoms with Crippen LogP contribution in [0.15, 0.2) is 114 Å². The van der Waals surface area contributed by atoms with E-state index in [9.17, 15) is 18.0 Å². The molecule has 1 aliphatic carbocycles. The van der Waals surface area contributed by atoms with Crippen LogP contribution in [0.3, 0.4) is 0 Å². The van der Waals surface area contributed by atoms with Gasteiger partial charge in [-0.1, -0.05) is 91.5 Å². The third kappa shape index (κ3) is 8.93. The predicted molar refractivity (Wildman–Crippen MR) is 185 cm³/mol. The molecule has 1 aliphatic rings. The van der Waals surface area contributed by atoms with Gasteiger partial charge in [-0.2, -0.15) is 0 Å². The number of para-hydroxylation sites is 1. The van der Waals surface area contributed by atoms with E-state index in [1.54, 1.807) is 60.7 Å². The number of sulfonamides is 1. The number of nitrogens with zero attached hydrogens (tertiary/aromatic N) is 2. The first-order valence-electron chi connectivity index (χ1n) is 15.8. The third-order valence-corrected chi connectivity index (χ3v) is 10.5. The maximum Gasteiger partial charge on any atom is 0.264 e. The Morgan fingerprint density at radius 1 is 0.851 bits per heavy atom. The number of rotatable bonds is 13. The van der Waals surface area contributed by atoms with Crippen molar-refractivity contribution < 1.29 is 22.7 Å². The molecule has 4 aromatic rings. The topological polar surface area (TPSA) is 96.0 Å². The molecule has 0 bridgehead atoms. The molecule has 2 amide bonds. The van der Waals surface area contributed by atoms with Crippen molar-refractivity contribution in [1.82, 2.24) is 10.2 Å². The second-order valence-corrected chi connectivity index (χ2v) is 14.0. The molecule has 0 spiro atoms. The lowest BCUT2D eigenvalue weighted by atomic mass is 9.94. The number of ether oxygens (including phenoxy) is 1. The molecule has 5 rings (SSSR count). The third-order valence-electron chi connectivity index (χ3n) is 8.44. The number of carbonyl (C=O) groups excluding carboxylic acids is 2. The van der Waals surface area contributed by atoms with E-state index in [0.29, 0.717) is 16.5 Å². The molecule has 0 saturated heterocycles. The van der Waals surface area contributed by atoms with Crippen molar-refractivity contribution in [3.8, 4) is 5.75 Å². The molecule has 47 heavy (non-hydrogen) atoms. The van der Waals surface area contributed by atoms with E-state index in [2.05, 4.69) is 5.32 Å². The van der Waals surface area contributed by atoms with Crippen molar-refractivity contribution in [2.45, 2.75) is 62.0 Å². The lowest BCUT2D eigenvalue weighted by Gasteiger charge is -2.35. The summed E-state index contributed by atoms with van der Waals surface area (Å²) < 4.78 is 34.7. The standard InChI is InChI=1S/C37H40ClN3O5S/c1-46-33-20-22-34(23-21-33)47(44,45)41(32-18-9-4-10-19-32)27-36(42)40(26-29-14-11-15-30(38)24-29)35(25-28-12-5-2-6-13-28)37(43)39-31-16-7-3-8-17-31/h2,4-6,9-15,18-24,31,35H,3,7-8,16-17,25-27H2,1H3,(H,39,43). The van der Waals surface area contributed by atoms with Crippen molar-refractivity contribution in [3.05, 3.63) is 125 Å². The van der Waals surface area contributed by atoms with Gasteiger partial charge < -0.3 is 15.0 Å². The number of anilines is 1. The van der Waals surface area contributed by atoms with Crippen LogP contribution in [0.5, 0.6) is 5.75 Å². The highest BCUT2D eigenvalue weighted by atomic mass is 35.5. The number of nitrogens with one attached hydrogen (secondary N) is 1. The Labute approximate surface area is 282 Å². The molecular weight excluding hydrogens is 634 g/mol. The summed E-state index contributed by atoms with van der Waals surface area (Å²) in [7, 11) is -2.70. The molecule has 1 fully saturated rings. The van der Waals surface area contributed by atoms with Crippen molar-refractivity contribution in [2.75, 3.05) is 18.0 Å². The summed E-state index contributed by atoms with van der Waals surface area (Å²) in [4.78, 5) is 30.3. The molecule has 1 atom stereocenters. The summed E-state index contributed by atoms with van der Waals surface area (Å²) in [6.45, 7) is -0.471. The first-order chi connectivity index (χ1) is 22.7. The van der Waals surface area contributed by atoms with Crippen molar-refractivity contribution >= 4 is 39.1 Å². The molecule has 1 unspecified atom stereocenters. The highest BCUT2D eigenvalue weighted by Crippen LogP contribution is 2.27. The van der Waals surface area contributed by atoms with E-state index >= 15 is 0 Å². The number of methoxy groups -OCH3 is 1. The van der Waals surface area contributed by atoms with Gasteiger partial charge in [-0.25, -0.2) is 8.42 Å². The van der Waals surface area contributed by atoms with Gasteiger partial charge in [0.15, 0.2) is 0 Å². The molecule has 0 aliphatic heterocycles. The normalized spacial score (nSPS) is 14.2. The molecule has 4 aromatic carbocycles. The Morgan fingerprint density at radius 3 is 2.13 bits per heavy atom. The first kappa shape index (κ1) is 34.0. The molecule has 1 N–H and O–H groups in total. The van der Waals surface area contributed by atoms with E-state index < -0.39 is 28.5 Å². The van der Waals surface area contributed by atoms with Crippen molar-refractivity contribution in [1.29, 1.82) is 0 Å². The van der Waals surface area contributed by atoms with Crippen LogP contribution < -0.4 is 14.4 Å². The fourth-order valence-corrected chi connectivity index (χ4v) is 7.56. The maximum atomic E-state index is 14.6. The van der Waals surface area contributed by atoms with Gasteiger partial charge in [-0.3, -0.25) is 13.9 Å². The Morgan fingerprint density at radius 2 is 1.49 bits per heavy atom. The first-order valence-corrected chi connectivity index (χ1v) is 17.7. The number of amides is 2. The summed E-state index contributed by atoms with van der Waals surface area (Å²) in [5.41, 5.74) is 1.93. The SMILES string of the molecule is COc1ccc(S(=O)(=O)N(CC(=O)N(Cc2cccc(Cl)c2)C(Cc2ccccc2)C(=O)NC2CCCCC2)c2ccccc2)cc1. The number of hydrogen-bond acceptors (Lipinski definition) is 5. The minimum absolute atomic E-state index is 0.00669. The van der Waals surface area contributed by atoms with Gasteiger partial charge in [0.2, 0.25) is 11.8 Å². The fraction of sp³-hybridized carbons (Fsp3) is 0.297. The summed E-state index contributed by atoms with van der Waals surface area (Å²) in [6, 6.07) is 30.3. The second-order valence-electron chi connectivity index (χ2n) is 11.7. The quantitative estimate of drug-likeness (QED) is 0.172. The van der Waals surface area contributed by atoms with Gasteiger partial charge in [-0.05, 0) is 72.5 Å². The van der Waals surface area contributed by atoms with Crippen molar-refractivity contribution in [3.63, 3.8) is 0 Å². The molecule has 10 heteroatoms. The van der Waals surface area contributed by atoms with Crippen molar-refractivity contribution in [2.24, 2.45) is 0 Å². The van der Waals surface area contributed by atoms with Crippen LogP contribution in [0.25, 0.3) is 0 Å². The molecule has 246 valence electrons. The maximum absolute atomic E-state index is 14.6. The zero-order chi connectivity index (χ0) is 33.2. The minimum atomic E-state index is -4.21. The van der Waals surface area contributed by atoms with Crippen LogP contribution in [0.2, 0.25) is 5.02 Å². The molecular formula is C37H40ClN3O5S. The summed E-state index contributed by atoms with van der Waals surface area (Å²) in [6.07, 6.45) is 5.23. The van der Waals surface area contributed by atoms with E-state index in [0.717, 1.165) is 47.5 Å². The molecule has 0 aromatic heterocycles. The molecule has 1 saturated carbocycles. The summed E-state index contributed by atoms with van der Waals surface area (Å²) in [5, 5.41) is 3.72. The van der Waals surface area contributed by atoms with E-state index in [4.69, 9.17) is 16.3 Å². The van der Waals surface area contributed by atoms with Gasteiger partial charge in [0.05, 0.1) is 17.7 Å². The smallest absolute Gasteiger partial charge is 0.264 e. The zero-order valence-corrected chi connectivity index (χ0v) is 28.0. The Balaban J connectivity index is 1.54. The highest BCUT2D eigenvalue weighted by Gasteiger charge is 2.35. The van der Waals surface area contributed by atoms with Crippen LogP contribution in [-0.2, 0) is 32.6 Å². The number of halogens is 1. The monoisotopic (exact) mass is 673 g/mol. The molecule has 8 nitrogen and oxygen atoms in total. The van der Waals surface area contributed by atoms with Gasteiger partial charge in [0, 0.05) is 24.0 Å². The number of carbonyl (C=O) groups is 2. The van der Waals surface area contributed by atoms with Gasteiger partial charge in [0.1, 0.15) is 18.3 Å². The van der Waals surface area contributed by atoms with Gasteiger partial charge in [0.25, 0.3) is 10.0 Å². The Hall–Kier alpha value is -4.34. The van der Waals surface area contributed by atoms with Crippen LogP contribution in [0.4, 0.5) is 5.69 Å². The summed E-state index contributed by atoms with van der Waals surface area (Å²) in [5.74, 6) is -0.280. The van der Waals surface area contributed by atoms with Crippen LogP contribution in [0.1, 0.15) is 43.2 Å². The van der Waals surface area contributed by atoms with Gasteiger partial charge >= 0.3 is 0 Å². The zero-order valence-electron chi connectivity index (χ0n) is 26.4. The van der Waals surface area contributed by atoms with Crippen LogP contribution >= 0.6 is 11.6 Å². The van der Waals surface area contributed by atoms with Crippen LogP contribution in [-0.4, -0.2) is 50.9 Å². The van der Waals surface area contributed by atoms with Crippen LogP contribution in [0, 0.1) is 0 Å². The minimum Gasteiger partial charge on any atom is -0.497 e. The fourth-order valence-electron chi connectivity index (χ4n) is 5.93. The Bertz CT molecular complexity index is 1730. The average molecular weight is 674 g/mol. The predicted octanol–water partition coefficient (Wildman–Crippen LogP) is 6.63. The highest BCUT2D eigenvalue weighted by molar-refractivity contribution is 7.92. The Kier molecular flexibility index (Phi) is 11.6. The number of benzene rings is 4. The van der Waals surface area contributed by atoms with E-state index in [-0.39, 0.29) is 29.8 Å². The van der Waals surface area contributed by atoms with Gasteiger partial charge in [-0.15, -0.1) is 0 Å². The molecule has 0 heterocycles. The van der Waals surface area contributed by atoms with E-state index in [1.807, 2.05) is 36.4 Å². The average Bonchev–Trinajstić information content (AvgIpc) is 3.10. The lowest BCUT2D eigenvalue weighted by molar-refractivity contribution is -0.140. The largest absolute Gasteiger partial charge is 0.497 e. The van der Waals surface area contributed by atoms with E-state index in [1.165, 1.54) is 24.1 Å².